The minimum Gasteiger partial charge on any atom is -0.322 e. The van der Waals surface area contributed by atoms with Gasteiger partial charge in [-0.1, -0.05) is 6.07 Å². The molecule has 0 spiro atoms. The van der Waals surface area contributed by atoms with Crippen molar-refractivity contribution >= 4 is 22.6 Å². The molecular weight excluding hydrogens is 374 g/mol. The Morgan fingerprint density at radius 1 is 1.00 bits per heavy atom. The summed E-state index contributed by atoms with van der Waals surface area (Å²) in [5, 5.41) is 7.82. The number of halogens is 2. The van der Waals surface area contributed by atoms with Gasteiger partial charge in [0.1, 0.15) is 11.6 Å². The molecule has 4 aromatic rings. The van der Waals surface area contributed by atoms with Crippen LogP contribution in [0, 0.1) is 32.4 Å². The number of benzene rings is 2. The number of pyridine rings is 1. The Hall–Kier alpha value is -3.61. The molecule has 7 heteroatoms. The van der Waals surface area contributed by atoms with Gasteiger partial charge in [-0.2, -0.15) is 5.10 Å². The van der Waals surface area contributed by atoms with Gasteiger partial charge < -0.3 is 5.32 Å². The van der Waals surface area contributed by atoms with Crippen LogP contribution in [-0.2, 0) is 0 Å². The van der Waals surface area contributed by atoms with E-state index in [-0.39, 0.29) is 17.5 Å². The molecule has 29 heavy (non-hydrogen) atoms. The van der Waals surface area contributed by atoms with Crippen molar-refractivity contribution in [1.29, 1.82) is 0 Å². The maximum absolute atomic E-state index is 13.8. The SMILES string of the molecule is Cc1cc(C(=O)Nc2ccc(C)c(F)c2)c2c(C)nn(-c3ccc(F)cc3)c2n1. The topological polar surface area (TPSA) is 59.8 Å². The minimum atomic E-state index is -0.390. The second-order valence-electron chi connectivity index (χ2n) is 6.90. The average Bonchev–Trinajstić information content (AvgIpc) is 3.01. The summed E-state index contributed by atoms with van der Waals surface area (Å²) in [6, 6.07) is 12.1. The molecular formula is C22H18F2N4O. The van der Waals surface area contributed by atoms with Crippen LogP contribution in [0.1, 0.15) is 27.3 Å². The smallest absolute Gasteiger partial charge is 0.256 e. The molecule has 2 heterocycles. The Bertz CT molecular complexity index is 1250. The number of amides is 1. The van der Waals surface area contributed by atoms with Crippen LogP contribution in [0.15, 0.2) is 48.5 Å². The molecule has 0 saturated carbocycles. The van der Waals surface area contributed by atoms with Crippen LogP contribution in [0.2, 0.25) is 0 Å². The number of nitrogens with one attached hydrogen (secondary N) is 1. The van der Waals surface area contributed by atoms with E-state index < -0.39 is 0 Å². The van der Waals surface area contributed by atoms with Crippen LogP contribution in [-0.4, -0.2) is 20.7 Å². The van der Waals surface area contributed by atoms with Gasteiger partial charge in [0.25, 0.3) is 5.91 Å². The summed E-state index contributed by atoms with van der Waals surface area (Å²) in [4.78, 5) is 17.5. The summed E-state index contributed by atoms with van der Waals surface area (Å²) in [6.07, 6.45) is 0. The van der Waals surface area contributed by atoms with Gasteiger partial charge in [-0.15, -0.1) is 0 Å². The quantitative estimate of drug-likeness (QED) is 0.541. The van der Waals surface area contributed by atoms with E-state index in [2.05, 4.69) is 15.4 Å². The number of fused-ring (bicyclic) bond motifs is 1. The second-order valence-corrected chi connectivity index (χ2v) is 6.90. The maximum Gasteiger partial charge on any atom is 0.256 e. The molecule has 2 aromatic heterocycles. The van der Waals surface area contributed by atoms with Crippen molar-refractivity contribution in [2.75, 3.05) is 5.32 Å². The fourth-order valence-electron chi connectivity index (χ4n) is 3.22. The van der Waals surface area contributed by atoms with E-state index >= 15 is 0 Å². The van der Waals surface area contributed by atoms with Crippen molar-refractivity contribution in [3.8, 4) is 5.69 Å². The third-order valence-electron chi connectivity index (χ3n) is 4.69. The lowest BCUT2D eigenvalue weighted by Crippen LogP contribution is -2.13. The van der Waals surface area contributed by atoms with Gasteiger partial charge in [-0.25, -0.2) is 18.4 Å². The molecule has 0 saturated heterocycles. The van der Waals surface area contributed by atoms with E-state index in [1.165, 1.54) is 18.2 Å². The Labute approximate surface area is 166 Å². The van der Waals surface area contributed by atoms with Crippen molar-refractivity contribution in [3.05, 3.63) is 82.7 Å². The zero-order valence-corrected chi connectivity index (χ0v) is 16.1. The number of anilines is 1. The molecule has 0 bridgehead atoms. The molecule has 0 aliphatic carbocycles. The second kappa shape index (κ2) is 7.09. The number of nitrogens with zero attached hydrogens (tertiary/aromatic N) is 3. The van der Waals surface area contributed by atoms with Gasteiger partial charge in [0.15, 0.2) is 5.65 Å². The molecule has 2 aromatic carbocycles. The zero-order chi connectivity index (χ0) is 20.7. The predicted octanol–water partition coefficient (Wildman–Crippen LogP) is 4.88. The highest BCUT2D eigenvalue weighted by atomic mass is 19.1. The molecule has 4 rings (SSSR count). The summed E-state index contributed by atoms with van der Waals surface area (Å²) in [5.74, 6) is -1.12. The molecule has 1 amide bonds. The van der Waals surface area contributed by atoms with Gasteiger partial charge >= 0.3 is 0 Å². The summed E-state index contributed by atoms with van der Waals surface area (Å²) < 4.78 is 28.7. The molecule has 146 valence electrons. The Morgan fingerprint density at radius 2 is 1.72 bits per heavy atom. The number of aryl methyl sites for hydroxylation is 3. The van der Waals surface area contributed by atoms with Gasteiger partial charge in [0.05, 0.1) is 22.3 Å². The van der Waals surface area contributed by atoms with Crippen LogP contribution in [0.4, 0.5) is 14.5 Å². The van der Waals surface area contributed by atoms with Crippen LogP contribution >= 0.6 is 0 Å². The highest BCUT2D eigenvalue weighted by molar-refractivity contribution is 6.12. The fraction of sp³-hybridized carbons (Fsp3) is 0.136. The number of carbonyl (C=O) groups is 1. The highest BCUT2D eigenvalue weighted by Gasteiger charge is 2.20. The number of rotatable bonds is 3. The lowest BCUT2D eigenvalue weighted by molar-refractivity contribution is 0.102. The number of hydrogen-bond acceptors (Lipinski definition) is 3. The van der Waals surface area contributed by atoms with Gasteiger partial charge in [-0.05, 0) is 68.8 Å². The zero-order valence-electron chi connectivity index (χ0n) is 16.1. The molecule has 0 unspecified atom stereocenters. The molecule has 0 radical (unpaired) electrons. The van der Waals surface area contributed by atoms with Gasteiger partial charge in [0.2, 0.25) is 0 Å². The van der Waals surface area contributed by atoms with Crippen LogP contribution in [0.3, 0.4) is 0 Å². The third kappa shape index (κ3) is 3.47. The number of carbonyl (C=O) groups excluding carboxylic acids is 1. The lowest BCUT2D eigenvalue weighted by Gasteiger charge is -2.09. The maximum atomic E-state index is 13.8. The van der Waals surface area contributed by atoms with Crippen molar-refractivity contribution in [2.24, 2.45) is 0 Å². The first-order valence-corrected chi connectivity index (χ1v) is 9.04. The van der Waals surface area contributed by atoms with Crippen LogP contribution < -0.4 is 5.32 Å². The largest absolute Gasteiger partial charge is 0.322 e. The van der Waals surface area contributed by atoms with Crippen molar-refractivity contribution in [3.63, 3.8) is 0 Å². The molecule has 0 atom stereocenters. The molecule has 0 aliphatic rings. The summed E-state index contributed by atoms with van der Waals surface area (Å²) >= 11 is 0. The number of hydrogen-bond donors (Lipinski definition) is 1. The first kappa shape index (κ1) is 18.7. The summed E-state index contributed by atoms with van der Waals surface area (Å²) in [5.41, 5.74) is 3.62. The van der Waals surface area contributed by atoms with Crippen LogP contribution in [0.25, 0.3) is 16.7 Å². The van der Waals surface area contributed by atoms with Crippen LogP contribution in [0.5, 0.6) is 0 Å². The molecule has 1 N–H and O–H groups in total. The first-order valence-electron chi connectivity index (χ1n) is 9.04. The number of aromatic nitrogens is 3. The Balaban J connectivity index is 1.81. The van der Waals surface area contributed by atoms with Crippen molar-refractivity contribution in [1.82, 2.24) is 14.8 Å². The Morgan fingerprint density at radius 3 is 2.41 bits per heavy atom. The van der Waals surface area contributed by atoms with E-state index in [0.29, 0.717) is 44.9 Å². The van der Waals surface area contributed by atoms with E-state index in [9.17, 15) is 13.6 Å². The minimum absolute atomic E-state index is 0.350. The van der Waals surface area contributed by atoms with E-state index in [0.717, 1.165) is 0 Å². The van der Waals surface area contributed by atoms with E-state index in [1.54, 1.807) is 55.8 Å². The predicted molar refractivity (Wildman–Crippen MR) is 107 cm³/mol. The van der Waals surface area contributed by atoms with Crippen molar-refractivity contribution in [2.45, 2.75) is 20.8 Å². The molecule has 0 fully saturated rings. The third-order valence-corrected chi connectivity index (χ3v) is 4.69. The van der Waals surface area contributed by atoms with Crippen molar-refractivity contribution < 1.29 is 13.6 Å². The summed E-state index contributed by atoms with van der Waals surface area (Å²) in [6.45, 7) is 5.21. The van der Waals surface area contributed by atoms with Gasteiger partial charge in [-0.3, -0.25) is 4.79 Å². The average molecular weight is 392 g/mol. The summed E-state index contributed by atoms with van der Waals surface area (Å²) in [7, 11) is 0. The standard InChI is InChI=1S/C22H18F2N4O/c1-12-4-7-16(11-19(12)24)26-22(29)18-10-13(2)25-21-20(18)14(3)27-28(21)17-8-5-15(23)6-9-17/h4-11H,1-3H3,(H,26,29). The fourth-order valence-corrected chi connectivity index (χ4v) is 3.22. The normalized spacial score (nSPS) is 11.1. The van der Waals surface area contributed by atoms with E-state index in [1.807, 2.05) is 0 Å². The molecule has 5 nitrogen and oxygen atoms in total. The van der Waals surface area contributed by atoms with E-state index in [4.69, 9.17) is 0 Å². The molecule has 0 aliphatic heterocycles. The first-order chi connectivity index (χ1) is 13.8. The monoisotopic (exact) mass is 392 g/mol. The highest BCUT2D eigenvalue weighted by Crippen LogP contribution is 2.26. The Kier molecular flexibility index (Phi) is 4.58. The van der Waals surface area contributed by atoms with Gasteiger partial charge in [0, 0.05) is 11.4 Å². The lowest BCUT2D eigenvalue weighted by atomic mass is 10.1.